The number of aliphatic hydroxyl groups excluding tert-OH is 1. The minimum Gasteiger partial charge on any atom is -0.469 e. The van der Waals surface area contributed by atoms with Gasteiger partial charge < -0.3 is 14.7 Å². The van der Waals surface area contributed by atoms with Gasteiger partial charge in [-0.15, -0.1) is 0 Å². The summed E-state index contributed by atoms with van der Waals surface area (Å²) >= 11 is 0. The molecular formula is C28H32FN3O5S. The SMILES string of the molecule is CCc1ccc(S(=O)(=O)N[C@@H]2c3cc(C(=O)N(CC)Cc4ccccc4F)cnc3OC(C)(C)[C@H]2O)cc1. The van der Waals surface area contributed by atoms with E-state index in [1.165, 1.54) is 35.4 Å². The number of hydrogen-bond donors (Lipinski definition) is 2. The molecule has 0 fully saturated rings. The fourth-order valence-electron chi connectivity index (χ4n) is 4.38. The van der Waals surface area contributed by atoms with E-state index in [0.29, 0.717) is 12.1 Å². The zero-order valence-electron chi connectivity index (χ0n) is 21.8. The molecule has 38 heavy (non-hydrogen) atoms. The Labute approximate surface area is 222 Å². The number of halogens is 1. The first-order chi connectivity index (χ1) is 18.0. The number of benzene rings is 2. The van der Waals surface area contributed by atoms with Crippen LogP contribution in [0.3, 0.4) is 0 Å². The lowest BCUT2D eigenvalue weighted by Crippen LogP contribution is -2.53. The molecule has 0 unspecified atom stereocenters. The van der Waals surface area contributed by atoms with E-state index < -0.39 is 39.5 Å². The number of amides is 1. The van der Waals surface area contributed by atoms with Crippen molar-refractivity contribution in [3.05, 3.63) is 88.9 Å². The summed E-state index contributed by atoms with van der Waals surface area (Å²) < 4.78 is 49.3. The van der Waals surface area contributed by atoms with Gasteiger partial charge in [-0.1, -0.05) is 37.3 Å². The molecule has 4 rings (SSSR count). The number of aliphatic hydroxyl groups is 1. The molecule has 8 nitrogen and oxygen atoms in total. The van der Waals surface area contributed by atoms with Crippen LogP contribution in [0, 0.1) is 5.82 Å². The van der Waals surface area contributed by atoms with Crippen LogP contribution in [0.5, 0.6) is 5.88 Å². The second kappa shape index (κ2) is 10.8. The largest absolute Gasteiger partial charge is 0.469 e. The summed E-state index contributed by atoms with van der Waals surface area (Å²) in [7, 11) is -4.04. The molecule has 10 heteroatoms. The summed E-state index contributed by atoms with van der Waals surface area (Å²) in [5.74, 6) is -0.715. The molecule has 0 radical (unpaired) electrons. The number of rotatable bonds is 8. The van der Waals surface area contributed by atoms with Gasteiger partial charge >= 0.3 is 0 Å². The van der Waals surface area contributed by atoms with Crippen molar-refractivity contribution in [3.63, 3.8) is 0 Å². The minimum atomic E-state index is -4.04. The Hall–Kier alpha value is -3.34. The van der Waals surface area contributed by atoms with Crippen molar-refractivity contribution in [2.24, 2.45) is 0 Å². The Balaban J connectivity index is 1.68. The van der Waals surface area contributed by atoms with Gasteiger partial charge in [0.05, 0.1) is 16.5 Å². The first-order valence-electron chi connectivity index (χ1n) is 12.5. The van der Waals surface area contributed by atoms with Gasteiger partial charge in [-0.2, -0.15) is 0 Å². The molecule has 3 aromatic rings. The van der Waals surface area contributed by atoms with E-state index in [4.69, 9.17) is 4.74 Å². The highest BCUT2D eigenvalue weighted by molar-refractivity contribution is 7.89. The van der Waals surface area contributed by atoms with E-state index in [9.17, 15) is 22.7 Å². The highest BCUT2D eigenvalue weighted by atomic mass is 32.2. The van der Waals surface area contributed by atoms with Crippen LogP contribution in [0.4, 0.5) is 4.39 Å². The van der Waals surface area contributed by atoms with Gasteiger partial charge in [0.1, 0.15) is 17.5 Å². The van der Waals surface area contributed by atoms with Crippen LogP contribution in [0.2, 0.25) is 0 Å². The van der Waals surface area contributed by atoms with Gasteiger partial charge in [0.2, 0.25) is 15.9 Å². The second-order valence-corrected chi connectivity index (χ2v) is 11.5. The number of ether oxygens (including phenoxy) is 1. The molecule has 1 aliphatic heterocycles. The lowest BCUT2D eigenvalue weighted by atomic mass is 9.88. The van der Waals surface area contributed by atoms with Gasteiger partial charge in [0.25, 0.3) is 5.91 Å². The van der Waals surface area contributed by atoms with E-state index in [0.717, 1.165) is 12.0 Å². The Morgan fingerprint density at radius 3 is 2.47 bits per heavy atom. The zero-order chi connectivity index (χ0) is 27.7. The smallest absolute Gasteiger partial charge is 0.255 e. The molecule has 2 atom stereocenters. The van der Waals surface area contributed by atoms with Gasteiger partial charge in [0, 0.05) is 30.4 Å². The van der Waals surface area contributed by atoms with E-state index in [1.807, 2.05) is 6.92 Å². The Bertz CT molecular complexity index is 1430. The first-order valence-corrected chi connectivity index (χ1v) is 14.0. The third-order valence-corrected chi connectivity index (χ3v) is 8.22. The maximum atomic E-state index is 14.2. The summed E-state index contributed by atoms with van der Waals surface area (Å²) in [6, 6.07) is 13.1. The number of nitrogens with zero attached hydrogens (tertiary/aromatic N) is 2. The topological polar surface area (TPSA) is 109 Å². The van der Waals surface area contributed by atoms with Gasteiger partial charge in [-0.3, -0.25) is 4.79 Å². The highest BCUT2D eigenvalue weighted by Crippen LogP contribution is 2.39. The Morgan fingerprint density at radius 1 is 1.16 bits per heavy atom. The number of aryl methyl sites for hydroxylation is 1. The zero-order valence-corrected chi connectivity index (χ0v) is 22.6. The normalized spacial score (nSPS) is 18.4. The summed E-state index contributed by atoms with van der Waals surface area (Å²) in [4.78, 5) is 19.2. The number of hydrogen-bond acceptors (Lipinski definition) is 6. The van der Waals surface area contributed by atoms with Crippen molar-refractivity contribution in [2.45, 2.75) is 63.3 Å². The predicted molar refractivity (Wildman–Crippen MR) is 141 cm³/mol. The van der Waals surface area contributed by atoms with E-state index in [-0.39, 0.29) is 28.4 Å². The molecular weight excluding hydrogens is 509 g/mol. The summed E-state index contributed by atoms with van der Waals surface area (Å²) in [6.45, 7) is 7.37. The van der Waals surface area contributed by atoms with E-state index >= 15 is 0 Å². The van der Waals surface area contributed by atoms with Crippen molar-refractivity contribution in [3.8, 4) is 5.88 Å². The fourth-order valence-corrected chi connectivity index (χ4v) is 5.61. The van der Waals surface area contributed by atoms with Crippen molar-refractivity contribution in [1.82, 2.24) is 14.6 Å². The van der Waals surface area contributed by atoms with Crippen LogP contribution in [0.1, 0.15) is 60.8 Å². The quantitative estimate of drug-likeness (QED) is 0.446. The maximum absolute atomic E-state index is 14.2. The van der Waals surface area contributed by atoms with Crippen molar-refractivity contribution in [2.75, 3.05) is 6.54 Å². The van der Waals surface area contributed by atoms with Crippen LogP contribution in [-0.4, -0.2) is 47.6 Å². The third kappa shape index (κ3) is 5.57. The molecule has 1 amide bonds. The maximum Gasteiger partial charge on any atom is 0.255 e. The van der Waals surface area contributed by atoms with Crippen LogP contribution in [0.15, 0.2) is 65.7 Å². The lowest BCUT2D eigenvalue weighted by molar-refractivity contribution is -0.0632. The van der Waals surface area contributed by atoms with Crippen LogP contribution < -0.4 is 9.46 Å². The van der Waals surface area contributed by atoms with Gasteiger partial charge in [-0.25, -0.2) is 22.5 Å². The molecule has 2 heterocycles. The molecule has 1 aliphatic rings. The Kier molecular flexibility index (Phi) is 7.87. The van der Waals surface area contributed by atoms with Crippen LogP contribution in [0.25, 0.3) is 0 Å². The van der Waals surface area contributed by atoms with Crippen LogP contribution >= 0.6 is 0 Å². The molecule has 0 saturated heterocycles. The molecule has 2 N–H and O–H groups in total. The average molecular weight is 542 g/mol. The predicted octanol–water partition coefficient (Wildman–Crippen LogP) is 4.00. The lowest BCUT2D eigenvalue weighted by Gasteiger charge is -2.41. The van der Waals surface area contributed by atoms with Crippen molar-refractivity contribution < 1.29 is 27.4 Å². The number of sulfonamides is 1. The monoisotopic (exact) mass is 541 g/mol. The Morgan fingerprint density at radius 2 is 1.84 bits per heavy atom. The second-order valence-electron chi connectivity index (χ2n) is 9.78. The number of pyridine rings is 1. The van der Waals surface area contributed by atoms with E-state index in [2.05, 4.69) is 9.71 Å². The number of carbonyl (C=O) groups is 1. The molecule has 0 saturated carbocycles. The number of nitrogens with one attached hydrogen (secondary N) is 1. The summed E-state index contributed by atoms with van der Waals surface area (Å²) in [5.41, 5.74) is 0.594. The molecule has 0 bridgehead atoms. The van der Waals surface area contributed by atoms with E-state index in [1.54, 1.807) is 51.1 Å². The van der Waals surface area contributed by atoms with Crippen molar-refractivity contribution in [1.29, 1.82) is 0 Å². The average Bonchev–Trinajstić information content (AvgIpc) is 2.90. The molecule has 202 valence electrons. The molecule has 0 aliphatic carbocycles. The number of fused-ring (bicyclic) bond motifs is 1. The summed E-state index contributed by atoms with van der Waals surface area (Å²) in [6.07, 6.45) is 0.823. The van der Waals surface area contributed by atoms with Crippen molar-refractivity contribution >= 4 is 15.9 Å². The first kappa shape index (κ1) is 27.7. The standard InChI is InChI=1S/C28H32FN3O5S/c1-5-18-11-13-21(14-12-18)38(35,36)31-24-22-15-20(16-30-26(22)37-28(3,4)25(24)33)27(34)32(6-2)17-19-9-7-8-10-23(19)29/h7-16,24-25,31,33H,5-6,17H2,1-4H3/t24-,25+/m1/s1. The number of carbonyl (C=O) groups excluding carboxylic acids is 1. The van der Waals surface area contributed by atoms with Crippen LogP contribution in [-0.2, 0) is 23.0 Å². The molecule has 0 spiro atoms. The van der Waals surface area contributed by atoms with Gasteiger partial charge in [-0.05, 0) is 57.0 Å². The van der Waals surface area contributed by atoms with Gasteiger partial charge in [0.15, 0.2) is 0 Å². The molecule has 2 aromatic carbocycles. The third-order valence-electron chi connectivity index (χ3n) is 6.76. The minimum absolute atomic E-state index is 0.0507. The molecule has 1 aromatic heterocycles. The highest BCUT2D eigenvalue weighted by Gasteiger charge is 2.45. The number of aromatic nitrogens is 1. The fraction of sp³-hybridized carbons (Fsp3) is 0.357. The summed E-state index contributed by atoms with van der Waals surface area (Å²) in [5, 5.41) is 11.1.